The van der Waals surface area contributed by atoms with Gasteiger partial charge in [-0.2, -0.15) is 5.10 Å². The summed E-state index contributed by atoms with van der Waals surface area (Å²) in [7, 11) is 1.64. The molecule has 0 bridgehead atoms. The minimum atomic E-state index is 0.00358. The maximum absolute atomic E-state index is 12.7. The topological polar surface area (TPSA) is 73.4 Å². The van der Waals surface area contributed by atoms with Crippen molar-refractivity contribution in [2.24, 2.45) is 17.6 Å². The van der Waals surface area contributed by atoms with Gasteiger partial charge < -0.3 is 15.4 Å². The molecule has 24 heavy (non-hydrogen) atoms. The fourth-order valence-corrected chi connectivity index (χ4v) is 3.95. The lowest BCUT2D eigenvalue weighted by molar-refractivity contribution is 0.0773. The molecule has 0 spiro atoms. The number of amides is 1. The number of methoxy groups -OCH3 is 1. The van der Waals surface area contributed by atoms with Crippen LogP contribution in [0.15, 0.2) is 36.5 Å². The van der Waals surface area contributed by atoms with E-state index in [1.807, 2.05) is 35.4 Å². The summed E-state index contributed by atoms with van der Waals surface area (Å²) in [5.74, 6) is 1.82. The van der Waals surface area contributed by atoms with E-state index in [1.165, 1.54) is 0 Å². The maximum Gasteiger partial charge on any atom is 0.274 e. The number of carbonyl (C=O) groups is 1. The molecule has 0 radical (unpaired) electrons. The van der Waals surface area contributed by atoms with Gasteiger partial charge in [0.25, 0.3) is 5.91 Å². The van der Waals surface area contributed by atoms with E-state index < -0.39 is 0 Å². The first-order valence-electron chi connectivity index (χ1n) is 8.40. The molecule has 126 valence electrons. The monoisotopic (exact) mass is 326 g/mol. The fourth-order valence-electron chi connectivity index (χ4n) is 3.95. The van der Waals surface area contributed by atoms with Gasteiger partial charge in [-0.3, -0.25) is 4.79 Å². The Morgan fingerprint density at radius 2 is 2.00 bits per heavy atom. The lowest BCUT2D eigenvalue weighted by atomic mass is 9.98. The number of nitrogens with zero attached hydrogens (tertiary/aromatic N) is 3. The average Bonchev–Trinajstić information content (AvgIpc) is 3.32. The van der Waals surface area contributed by atoms with Crippen LogP contribution in [-0.2, 0) is 0 Å². The van der Waals surface area contributed by atoms with E-state index in [9.17, 15) is 4.79 Å². The molecule has 2 heterocycles. The number of hydrogen-bond acceptors (Lipinski definition) is 4. The van der Waals surface area contributed by atoms with E-state index in [-0.39, 0.29) is 11.9 Å². The molecule has 1 saturated carbocycles. The molecule has 2 fully saturated rings. The summed E-state index contributed by atoms with van der Waals surface area (Å²) in [6, 6.07) is 9.60. The highest BCUT2D eigenvalue weighted by Gasteiger charge is 2.42. The molecule has 2 aliphatic rings. The third-order valence-electron chi connectivity index (χ3n) is 5.34. The molecular formula is C18H22N4O2. The van der Waals surface area contributed by atoms with Crippen molar-refractivity contribution >= 4 is 5.91 Å². The molecule has 2 N–H and O–H groups in total. The van der Waals surface area contributed by atoms with Crippen LogP contribution in [0.5, 0.6) is 5.75 Å². The van der Waals surface area contributed by atoms with E-state index in [4.69, 9.17) is 10.5 Å². The zero-order valence-corrected chi connectivity index (χ0v) is 13.8. The summed E-state index contributed by atoms with van der Waals surface area (Å²) in [6.07, 6.45) is 4.04. The van der Waals surface area contributed by atoms with Crippen molar-refractivity contribution < 1.29 is 9.53 Å². The van der Waals surface area contributed by atoms with Crippen LogP contribution in [0.4, 0.5) is 0 Å². The molecule has 4 rings (SSSR count). The Balaban J connectivity index is 1.49. The van der Waals surface area contributed by atoms with E-state index in [0.29, 0.717) is 17.5 Å². The molecule has 1 aromatic heterocycles. The largest absolute Gasteiger partial charge is 0.497 e. The average molecular weight is 326 g/mol. The van der Waals surface area contributed by atoms with Gasteiger partial charge in [-0.25, -0.2) is 4.68 Å². The predicted octanol–water partition coefficient (Wildman–Crippen LogP) is 1.69. The molecule has 1 aliphatic carbocycles. The minimum Gasteiger partial charge on any atom is -0.497 e. The second-order valence-electron chi connectivity index (χ2n) is 6.72. The van der Waals surface area contributed by atoms with Crippen molar-refractivity contribution in [2.75, 3.05) is 20.2 Å². The van der Waals surface area contributed by atoms with Crippen LogP contribution >= 0.6 is 0 Å². The van der Waals surface area contributed by atoms with Crippen molar-refractivity contribution in [3.63, 3.8) is 0 Å². The van der Waals surface area contributed by atoms with E-state index in [2.05, 4.69) is 5.10 Å². The minimum absolute atomic E-state index is 0.00358. The van der Waals surface area contributed by atoms with E-state index >= 15 is 0 Å². The number of nitrogens with two attached hydrogens (primary N) is 1. The van der Waals surface area contributed by atoms with Crippen LogP contribution in [0.3, 0.4) is 0 Å². The molecule has 3 atom stereocenters. The Morgan fingerprint density at radius 3 is 2.71 bits per heavy atom. The lowest BCUT2D eigenvalue weighted by Gasteiger charge is -2.17. The van der Waals surface area contributed by atoms with E-state index in [1.54, 1.807) is 17.9 Å². The Kier molecular flexibility index (Phi) is 3.76. The second-order valence-corrected chi connectivity index (χ2v) is 6.72. The Labute approximate surface area is 141 Å². The smallest absolute Gasteiger partial charge is 0.274 e. The van der Waals surface area contributed by atoms with Crippen molar-refractivity contribution in [3.05, 3.63) is 42.2 Å². The molecule has 3 unspecified atom stereocenters. The van der Waals surface area contributed by atoms with Crippen LogP contribution in [0, 0.1) is 11.8 Å². The SMILES string of the molecule is COc1ccc(-n2ccc(C(=O)N3CC4CCC(N)C4C3)n2)cc1. The van der Waals surface area contributed by atoms with Gasteiger partial charge in [0.2, 0.25) is 0 Å². The first-order valence-corrected chi connectivity index (χ1v) is 8.40. The number of fused-ring (bicyclic) bond motifs is 1. The molecule has 1 saturated heterocycles. The Bertz CT molecular complexity index is 740. The summed E-state index contributed by atoms with van der Waals surface area (Å²) in [6.45, 7) is 1.58. The van der Waals surface area contributed by atoms with Crippen LogP contribution in [0.1, 0.15) is 23.3 Å². The first-order chi connectivity index (χ1) is 11.7. The predicted molar refractivity (Wildman–Crippen MR) is 90.2 cm³/mol. The third-order valence-corrected chi connectivity index (χ3v) is 5.34. The van der Waals surface area contributed by atoms with Crippen molar-refractivity contribution in [2.45, 2.75) is 18.9 Å². The molecule has 6 heteroatoms. The number of benzene rings is 1. The van der Waals surface area contributed by atoms with Crippen LogP contribution in [0.2, 0.25) is 0 Å². The summed E-state index contributed by atoms with van der Waals surface area (Å²) in [5.41, 5.74) is 7.54. The molecular weight excluding hydrogens is 304 g/mol. The number of carbonyl (C=O) groups excluding carboxylic acids is 1. The van der Waals surface area contributed by atoms with Gasteiger partial charge in [-0.05, 0) is 55.0 Å². The van der Waals surface area contributed by atoms with Crippen molar-refractivity contribution in [3.8, 4) is 11.4 Å². The normalized spacial score (nSPS) is 25.8. The number of hydrogen-bond donors (Lipinski definition) is 1. The molecule has 1 aliphatic heterocycles. The first kappa shape index (κ1) is 15.2. The third kappa shape index (κ3) is 2.57. The van der Waals surface area contributed by atoms with Crippen molar-refractivity contribution in [1.29, 1.82) is 0 Å². The van der Waals surface area contributed by atoms with E-state index in [0.717, 1.165) is 37.4 Å². The van der Waals surface area contributed by atoms with Gasteiger partial charge in [-0.15, -0.1) is 0 Å². The van der Waals surface area contributed by atoms with Gasteiger partial charge in [0.05, 0.1) is 12.8 Å². The lowest BCUT2D eigenvalue weighted by Crippen LogP contribution is -2.33. The summed E-state index contributed by atoms with van der Waals surface area (Å²) in [4.78, 5) is 14.6. The van der Waals surface area contributed by atoms with Gasteiger partial charge in [0, 0.05) is 25.3 Å². The molecule has 6 nitrogen and oxygen atoms in total. The standard InChI is InChI=1S/C18H22N4O2/c1-24-14-5-3-13(4-6-14)22-9-8-17(20-22)18(23)21-10-12-2-7-16(19)15(12)11-21/h3-6,8-9,12,15-16H,2,7,10-11,19H2,1H3. The number of rotatable bonds is 3. The summed E-state index contributed by atoms with van der Waals surface area (Å²) < 4.78 is 6.88. The molecule has 1 amide bonds. The highest BCUT2D eigenvalue weighted by Crippen LogP contribution is 2.37. The molecule has 1 aromatic carbocycles. The number of likely N-dealkylation sites (tertiary alicyclic amines) is 1. The van der Waals surface area contributed by atoms with Gasteiger partial charge >= 0.3 is 0 Å². The fraction of sp³-hybridized carbons (Fsp3) is 0.444. The highest BCUT2D eigenvalue weighted by molar-refractivity contribution is 5.92. The Morgan fingerprint density at radius 1 is 1.21 bits per heavy atom. The van der Waals surface area contributed by atoms with Gasteiger partial charge in [-0.1, -0.05) is 0 Å². The number of ether oxygens (including phenoxy) is 1. The maximum atomic E-state index is 12.7. The summed E-state index contributed by atoms with van der Waals surface area (Å²) in [5, 5.41) is 4.45. The second kappa shape index (κ2) is 5.94. The van der Waals surface area contributed by atoms with Crippen LogP contribution in [0.25, 0.3) is 5.69 Å². The Hall–Kier alpha value is -2.34. The quantitative estimate of drug-likeness (QED) is 0.931. The zero-order valence-electron chi connectivity index (χ0n) is 13.8. The summed E-state index contributed by atoms with van der Waals surface area (Å²) >= 11 is 0. The number of aromatic nitrogens is 2. The van der Waals surface area contributed by atoms with Crippen molar-refractivity contribution in [1.82, 2.24) is 14.7 Å². The van der Waals surface area contributed by atoms with Gasteiger partial charge in [0.1, 0.15) is 5.75 Å². The molecule has 2 aromatic rings. The highest BCUT2D eigenvalue weighted by atomic mass is 16.5. The van der Waals surface area contributed by atoms with Gasteiger partial charge in [0.15, 0.2) is 5.69 Å². The van der Waals surface area contributed by atoms with Crippen LogP contribution < -0.4 is 10.5 Å². The van der Waals surface area contributed by atoms with Crippen LogP contribution in [-0.4, -0.2) is 46.8 Å². The zero-order chi connectivity index (χ0) is 16.7.